The molecular formula is C22H14O. The molecule has 0 saturated carbocycles. The predicted octanol–water partition coefficient (Wildman–Crippen LogP) is 5.88. The van der Waals surface area contributed by atoms with E-state index >= 15 is 0 Å². The van der Waals surface area contributed by atoms with E-state index in [4.69, 9.17) is 4.74 Å². The van der Waals surface area contributed by atoms with Crippen molar-refractivity contribution in [1.29, 1.82) is 0 Å². The summed E-state index contributed by atoms with van der Waals surface area (Å²) in [6.07, 6.45) is 2.14. The molecule has 0 unspecified atom stereocenters. The average Bonchev–Trinajstić information content (AvgIpc) is 2.62. The van der Waals surface area contributed by atoms with Gasteiger partial charge in [-0.05, 0) is 33.9 Å². The molecule has 1 heterocycles. The maximum Gasteiger partial charge on any atom is 0.136 e. The minimum Gasteiger partial charge on any atom is -0.456 e. The lowest BCUT2D eigenvalue weighted by molar-refractivity contribution is 0.522. The van der Waals surface area contributed by atoms with Gasteiger partial charge in [-0.15, -0.1) is 0 Å². The van der Waals surface area contributed by atoms with Gasteiger partial charge in [0.05, 0.1) is 0 Å². The standard InChI is InChI=1S/C22H14O/c1-2-7-15(8-3-1)20-14-17-10-6-12-19-18-11-5-4-9-16(18)13-21(23-20)22(17)19/h1-14H. The molecule has 0 fully saturated rings. The van der Waals surface area contributed by atoms with E-state index in [1.807, 2.05) is 18.2 Å². The lowest BCUT2D eigenvalue weighted by Crippen LogP contribution is -2.01. The third-order valence-electron chi connectivity index (χ3n) is 4.45. The van der Waals surface area contributed by atoms with Crippen LogP contribution in [0.15, 0.2) is 78.9 Å². The SMILES string of the molecule is C1=C(c2ccccc2)Oc2cc3ccccc3c3cccc1c23. The minimum atomic E-state index is 0.904. The van der Waals surface area contributed by atoms with Crippen LogP contribution in [0.3, 0.4) is 0 Å². The molecule has 4 aromatic rings. The molecule has 5 rings (SSSR count). The number of fused-ring (bicyclic) bond motifs is 2. The molecule has 0 spiro atoms. The van der Waals surface area contributed by atoms with E-state index in [0.29, 0.717) is 0 Å². The summed E-state index contributed by atoms with van der Waals surface area (Å²) in [4.78, 5) is 0. The van der Waals surface area contributed by atoms with Crippen LogP contribution in [0.1, 0.15) is 11.1 Å². The number of benzene rings is 4. The quantitative estimate of drug-likeness (QED) is 0.398. The smallest absolute Gasteiger partial charge is 0.136 e. The number of hydrogen-bond acceptors (Lipinski definition) is 1. The highest BCUT2D eigenvalue weighted by Crippen LogP contribution is 2.41. The second-order valence-corrected chi connectivity index (χ2v) is 5.84. The van der Waals surface area contributed by atoms with Gasteiger partial charge in [0.15, 0.2) is 0 Å². The van der Waals surface area contributed by atoms with Crippen molar-refractivity contribution in [2.24, 2.45) is 0 Å². The molecule has 1 heteroatoms. The van der Waals surface area contributed by atoms with Crippen LogP contribution >= 0.6 is 0 Å². The second kappa shape index (κ2) is 4.72. The van der Waals surface area contributed by atoms with Gasteiger partial charge in [0, 0.05) is 10.9 Å². The molecule has 4 aromatic carbocycles. The normalized spacial score (nSPS) is 13.0. The first-order valence-electron chi connectivity index (χ1n) is 7.79. The van der Waals surface area contributed by atoms with Crippen molar-refractivity contribution >= 4 is 33.4 Å². The van der Waals surface area contributed by atoms with Crippen LogP contribution in [0.5, 0.6) is 5.75 Å². The lowest BCUT2D eigenvalue weighted by Gasteiger charge is -2.20. The van der Waals surface area contributed by atoms with Gasteiger partial charge >= 0.3 is 0 Å². The van der Waals surface area contributed by atoms with Crippen molar-refractivity contribution in [3.63, 3.8) is 0 Å². The van der Waals surface area contributed by atoms with Gasteiger partial charge in [-0.25, -0.2) is 0 Å². The van der Waals surface area contributed by atoms with Crippen LogP contribution in [0.4, 0.5) is 0 Å². The van der Waals surface area contributed by atoms with Crippen molar-refractivity contribution < 1.29 is 4.74 Å². The first-order valence-corrected chi connectivity index (χ1v) is 7.79. The van der Waals surface area contributed by atoms with Crippen LogP contribution in [0, 0.1) is 0 Å². The summed E-state index contributed by atoms with van der Waals surface area (Å²) in [5, 5.41) is 4.93. The maximum absolute atomic E-state index is 6.26. The van der Waals surface area contributed by atoms with Crippen molar-refractivity contribution in [2.75, 3.05) is 0 Å². The van der Waals surface area contributed by atoms with Gasteiger partial charge < -0.3 is 4.74 Å². The van der Waals surface area contributed by atoms with E-state index in [1.165, 1.54) is 27.1 Å². The molecule has 0 atom stereocenters. The molecular weight excluding hydrogens is 280 g/mol. The van der Waals surface area contributed by atoms with Crippen LogP contribution in [0.25, 0.3) is 33.4 Å². The number of rotatable bonds is 1. The van der Waals surface area contributed by atoms with Gasteiger partial charge in [0.1, 0.15) is 11.5 Å². The zero-order valence-electron chi connectivity index (χ0n) is 12.5. The molecule has 0 radical (unpaired) electrons. The summed E-state index contributed by atoms with van der Waals surface area (Å²) >= 11 is 0. The Morgan fingerprint density at radius 1 is 0.652 bits per heavy atom. The summed E-state index contributed by atoms with van der Waals surface area (Å²) in [6.45, 7) is 0. The maximum atomic E-state index is 6.26. The van der Waals surface area contributed by atoms with Crippen molar-refractivity contribution in [1.82, 2.24) is 0 Å². The Hall–Kier alpha value is -3.06. The van der Waals surface area contributed by atoms with Crippen molar-refractivity contribution in [3.05, 3.63) is 90.0 Å². The van der Waals surface area contributed by atoms with Gasteiger partial charge in [0.25, 0.3) is 0 Å². The molecule has 108 valence electrons. The Kier molecular flexibility index (Phi) is 2.56. The molecule has 0 saturated heterocycles. The first kappa shape index (κ1) is 12.5. The molecule has 0 N–H and O–H groups in total. The Labute approximate surface area is 134 Å². The Morgan fingerprint density at radius 2 is 1.43 bits per heavy atom. The van der Waals surface area contributed by atoms with Crippen LogP contribution < -0.4 is 4.74 Å². The zero-order chi connectivity index (χ0) is 15.2. The summed E-state index contributed by atoms with van der Waals surface area (Å²) in [7, 11) is 0. The summed E-state index contributed by atoms with van der Waals surface area (Å²) < 4.78 is 6.26. The predicted molar refractivity (Wildman–Crippen MR) is 96.4 cm³/mol. The molecule has 0 aromatic heterocycles. The second-order valence-electron chi connectivity index (χ2n) is 5.84. The summed E-state index contributed by atoms with van der Waals surface area (Å²) in [5.74, 6) is 1.84. The summed E-state index contributed by atoms with van der Waals surface area (Å²) in [6, 6.07) is 27.3. The fourth-order valence-electron chi connectivity index (χ4n) is 3.39. The van der Waals surface area contributed by atoms with Gasteiger partial charge in [-0.1, -0.05) is 72.8 Å². The highest BCUT2D eigenvalue weighted by atomic mass is 16.5. The van der Waals surface area contributed by atoms with E-state index in [9.17, 15) is 0 Å². The Balaban J connectivity index is 1.84. The third kappa shape index (κ3) is 1.87. The Morgan fingerprint density at radius 3 is 2.35 bits per heavy atom. The van der Waals surface area contributed by atoms with Crippen LogP contribution in [0.2, 0.25) is 0 Å². The van der Waals surface area contributed by atoms with Crippen LogP contribution in [-0.2, 0) is 0 Å². The van der Waals surface area contributed by atoms with Crippen molar-refractivity contribution in [2.45, 2.75) is 0 Å². The first-order chi connectivity index (χ1) is 11.4. The van der Waals surface area contributed by atoms with Crippen molar-refractivity contribution in [3.8, 4) is 5.75 Å². The molecule has 1 aliphatic rings. The number of ether oxygens (including phenoxy) is 1. The minimum absolute atomic E-state index is 0.904. The Bertz CT molecular complexity index is 1080. The monoisotopic (exact) mass is 294 g/mol. The number of hydrogen-bond donors (Lipinski definition) is 0. The van der Waals surface area contributed by atoms with Gasteiger partial charge in [-0.2, -0.15) is 0 Å². The lowest BCUT2D eigenvalue weighted by atomic mass is 9.95. The molecule has 0 bridgehead atoms. The van der Waals surface area contributed by atoms with E-state index in [-0.39, 0.29) is 0 Å². The van der Waals surface area contributed by atoms with Crippen LogP contribution in [-0.4, -0.2) is 0 Å². The summed E-state index contributed by atoms with van der Waals surface area (Å²) in [5.41, 5.74) is 2.32. The highest BCUT2D eigenvalue weighted by molar-refractivity contribution is 6.14. The molecule has 23 heavy (non-hydrogen) atoms. The molecule has 0 amide bonds. The fraction of sp³-hybridized carbons (Fsp3) is 0. The molecule has 0 aliphatic carbocycles. The topological polar surface area (TPSA) is 9.23 Å². The van der Waals surface area contributed by atoms with Gasteiger partial charge in [0.2, 0.25) is 0 Å². The van der Waals surface area contributed by atoms with E-state index in [2.05, 4.69) is 66.7 Å². The third-order valence-corrected chi connectivity index (χ3v) is 4.45. The zero-order valence-corrected chi connectivity index (χ0v) is 12.5. The van der Waals surface area contributed by atoms with E-state index < -0.39 is 0 Å². The van der Waals surface area contributed by atoms with E-state index in [1.54, 1.807) is 0 Å². The molecule has 1 aliphatic heterocycles. The average molecular weight is 294 g/mol. The van der Waals surface area contributed by atoms with E-state index in [0.717, 1.165) is 17.1 Å². The largest absolute Gasteiger partial charge is 0.456 e. The molecule has 1 nitrogen and oxygen atoms in total. The highest BCUT2D eigenvalue weighted by Gasteiger charge is 2.17. The van der Waals surface area contributed by atoms with Gasteiger partial charge in [-0.3, -0.25) is 0 Å². The fourth-order valence-corrected chi connectivity index (χ4v) is 3.39.